The minimum atomic E-state index is 0.783. The van der Waals surface area contributed by atoms with Crippen LogP contribution in [0.1, 0.15) is 38.5 Å². The van der Waals surface area contributed by atoms with Crippen molar-refractivity contribution < 1.29 is 4.74 Å². The first-order valence-corrected chi connectivity index (χ1v) is 8.55. The molecule has 1 unspecified atom stereocenters. The van der Waals surface area contributed by atoms with Crippen LogP contribution in [0.5, 0.6) is 0 Å². The van der Waals surface area contributed by atoms with E-state index in [1.807, 2.05) is 29.8 Å². The maximum Gasteiger partial charge on any atom is 0.0819 e. The van der Waals surface area contributed by atoms with E-state index in [9.17, 15) is 0 Å². The van der Waals surface area contributed by atoms with Crippen molar-refractivity contribution in [1.29, 1.82) is 0 Å². The van der Waals surface area contributed by atoms with Gasteiger partial charge < -0.3 is 4.74 Å². The maximum atomic E-state index is 5.17. The van der Waals surface area contributed by atoms with Gasteiger partial charge in [-0.05, 0) is 61.5 Å². The van der Waals surface area contributed by atoms with Crippen LogP contribution in [-0.4, -0.2) is 18.6 Å². The highest BCUT2D eigenvalue weighted by atomic mass is 32.2. The van der Waals surface area contributed by atoms with Crippen LogP contribution < -0.4 is 0 Å². The van der Waals surface area contributed by atoms with Gasteiger partial charge in [0.25, 0.3) is 0 Å². The molecule has 1 heterocycles. The molecule has 0 spiro atoms. The van der Waals surface area contributed by atoms with Crippen LogP contribution in [0.15, 0.2) is 22.1 Å². The molecule has 0 amide bonds. The monoisotopic (exact) mass is 270 g/mol. The Morgan fingerprint density at radius 2 is 2.12 bits per heavy atom. The summed E-state index contributed by atoms with van der Waals surface area (Å²) in [6.07, 6.45) is 12.3. The molecule has 1 aliphatic heterocycles. The predicted molar refractivity (Wildman–Crippen MR) is 79.3 cm³/mol. The summed E-state index contributed by atoms with van der Waals surface area (Å²) in [5.41, 5.74) is 1.54. The van der Waals surface area contributed by atoms with E-state index in [1.54, 1.807) is 11.3 Å². The number of hydrogen-bond donors (Lipinski definition) is 0. The molecule has 2 fully saturated rings. The summed E-state index contributed by atoms with van der Waals surface area (Å²) in [4.78, 5) is 0. The zero-order chi connectivity index (χ0) is 11.9. The summed E-state index contributed by atoms with van der Waals surface area (Å²) in [6.45, 7) is 0. The van der Waals surface area contributed by atoms with Crippen LogP contribution in [0.4, 0.5) is 0 Å². The van der Waals surface area contributed by atoms with Crippen LogP contribution in [0.25, 0.3) is 0 Å². The summed E-state index contributed by atoms with van der Waals surface area (Å²) in [5.74, 6) is 3.42. The van der Waals surface area contributed by atoms with E-state index in [-0.39, 0.29) is 0 Å². The first kappa shape index (κ1) is 13.4. The second-order valence-electron chi connectivity index (χ2n) is 4.67. The summed E-state index contributed by atoms with van der Waals surface area (Å²) < 4.78 is 6.73. The van der Waals surface area contributed by atoms with E-state index < -0.39 is 0 Å². The van der Waals surface area contributed by atoms with Crippen LogP contribution in [-0.2, 0) is 4.74 Å². The molecular formula is C14H22OS2. The highest BCUT2D eigenvalue weighted by Gasteiger charge is 2.20. The number of thioether (sulfide) groups is 2. The van der Waals surface area contributed by atoms with E-state index in [0.29, 0.717) is 0 Å². The van der Waals surface area contributed by atoms with E-state index in [0.717, 1.165) is 5.92 Å². The zero-order valence-electron chi connectivity index (χ0n) is 10.6. The van der Waals surface area contributed by atoms with Crippen molar-refractivity contribution in [3.63, 3.8) is 0 Å². The minimum Gasteiger partial charge on any atom is -0.504 e. The lowest BCUT2D eigenvalue weighted by molar-refractivity contribution is 0.328. The Balaban J connectivity index is 1.75. The Bertz CT molecular complexity index is 289. The second-order valence-corrected chi connectivity index (χ2v) is 7.20. The fourth-order valence-electron chi connectivity index (χ4n) is 2.54. The van der Waals surface area contributed by atoms with Crippen molar-refractivity contribution in [2.45, 2.75) is 38.5 Å². The van der Waals surface area contributed by atoms with Crippen molar-refractivity contribution in [2.24, 2.45) is 5.92 Å². The molecule has 0 aromatic heterocycles. The third-order valence-electron chi connectivity index (χ3n) is 3.42. The van der Waals surface area contributed by atoms with E-state index in [1.165, 1.54) is 55.6 Å². The average Bonchev–Trinajstić information content (AvgIpc) is 2.79. The van der Waals surface area contributed by atoms with Gasteiger partial charge in [0.2, 0.25) is 0 Å². The number of methoxy groups -OCH3 is 1. The second kappa shape index (κ2) is 7.42. The SMILES string of the molecule is CO/C=C1/CCCC1CCC=C1SCCCS1. The first-order chi connectivity index (χ1) is 8.40. The normalized spacial score (nSPS) is 27.5. The predicted octanol–water partition coefficient (Wildman–Crippen LogP) is 4.81. The van der Waals surface area contributed by atoms with Gasteiger partial charge in [-0.15, -0.1) is 23.5 Å². The highest BCUT2D eigenvalue weighted by Crippen LogP contribution is 2.37. The lowest BCUT2D eigenvalue weighted by Gasteiger charge is -2.14. The first-order valence-electron chi connectivity index (χ1n) is 6.57. The van der Waals surface area contributed by atoms with Gasteiger partial charge in [0.15, 0.2) is 0 Å². The lowest BCUT2D eigenvalue weighted by atomic mass is 9.98. The summed E-state index contributed by atoms with van der Waals surface area (Å²) in [5, 5.41) is 0. The van der Waals surface area contributed by atoms with Crippen molar-refractivity contribution in [1.82, 2.24) is 0 Å². The molecule has 17 heavy (non-hydrogen) atoms. The zero-order valence-corrected chi connectivity index (χ0v) is 12.2. The fraction of sp³-hybridized carbons (Fsp3) is 0.714. The van der Waals surface area contributed by atoms with Gasteiger partial charge in [0.05, 0.1) is 13.4 Å². The van der Waals surface area contributed by atoms with Gasteiger partial charge in [0.1, 0.15) is 0 Å². The molecule has 1 saturated heterocycles. The standard InChI is InChI=1S/C14H22OS2/c1-15-11-13-7-2-5-12(13)6-3-8-14-16-9-4-10-17-14/h8,11-12H,2-7,9-10H2,1H3/b13-11-. The molecule has 2 aliphatic rings. The molecule has 0 radical (unpaired) electrons. The van der Waals surface area contributed by atoms with Crippen molar-refractivity contribution >= 4 is 23.5 Å². The summed E-state index contributed by atoms with van der Waals surface area (Å²) in [7, 11) is 1.76. The number of ether oxygens (including phenoxy) is 1. The highest BCUT2D eigenvalue weighted by molar-refractivity contribution is 8.22. The quantitative estimate of drug-likeness (QED) is 0.679. The van der Waals surface area contributed by atoms with Gasteiger partial charge >= 0.3 is 0 Å². The van der Waals surface area contributed by atoms with Crippen molar-refractivity contribution in [3.05, 3.63) is 22.1 Å². The van der Waals surface area contributed by atoms with E-state index in [4.69, 9.17) is 4.74 Å². The van der Waals surface area contributed by atoms with Gasteiger partial charge in [-0.25, -0.2) is 0 Å². The Hall–Kier alpha value is -0.0200. The van der Waals surface area contributed by atoms with Crippen LogP contribution in [0.3, 0.4) is 0 Å². The number of rotatable bonds is 4. The molecular weight excluding hydrogens is 248 g/mol. The van der Waals surface area contributed by atoms with Gasteiger partial charge in [0, 0.05) is 4.24 Å². The van der Waals surface area contributed by atoms with Crippen LogP contribution in [0, 0.1) is 5.92 Å². The van der Waals surface area contributed by atoms with Crippen molar-refractivity contribution in [2.75, 3.05) is 18.6 Å². The number of hydrogen-bond acceptors (Lipinski definition) is 3. The molecule has 3 heteroatoms. The van der Waals surface area contributed by atoms with Crippen LogP contribution >= 0.6 is 23.5 Å². The third-order valence-corrected chi connectivity index (χ3v) is 6.01. The van der Waals surface area contributed by atoms with E-state index in [2.05, 4.69) is 6.08 Å². The fourth-order valence-corrected chi connectivity index (χ4v) is 5.01. The lowest BCUT2D eigenvalue weighted by Crippen LogP contribution is -1.97. The smallest absolute Gasteiger partial charge is 0.0819 e. The minimum absolute atomic E-state index is 0.783. The summed E-state index contributed by atoms with van der Waals surface area (Å²) >= 11 is 4.08. The molecule has 1 nitrogen and oxygen atoms in total. The Kier molecular flexibility index (Phi) is 5.86. The molecule has 96 valence electrons. The largest absolute Gasteiger partial charge is 0.504 e. The van der Waals surface area contributed by atoms with Crippen molar-refractivity contribution in [3.8, 4) is 0 Å². The molecule has 1 saturated carbocycles. The van der Waals surface area contributed by atoms with Gasteiger partial charge in [-0.2, -0.15) is 0 Å². The average molecular weight is 270 g/mol. The van der Waals surface area contributed by atoms with Crippen LogP contribution in [0.2, 0.25) is 0 Å². The number of allylic oxidation sites excluding steroid dienone is 2. The Morgan fingerprint density at radius 1 is 1.29 bits per heavy atom. The molecule has 1 aliphatic carbocycles. The topological polar surface area (TPSA) is 9.23 Å². The molecule has 0 N–H and O–H groups in total. The molecule has 2 rings (SSSR count). The summed E-state index contributed by atoms with van der Waals surface area (Å²) in [6, 6.07) is 0. The Morgan fingerprint density at radius 3 is 2.88 bits per heavy atom. The van der Waals surface area contributed by atoms with E-state index >= 15 is 0 Å². The molecule has 0 aromatic rings. The molecule has 1 atom stereocenters. The third kappa shape index (κ3) is 4.29. The van der Waals surface area contributed by atoms with Gasteiger partial charge in [-0.3, -0.25) is 0 Å². The molecule has 0 aromatic carbocycles. The van der Waals surface area contributed by atoms with Gasteiger partial charge in [-0.1, -0.05) is 6.08 Å². The maximum absolute atomic E-state index is 5.17. The Labute approximate surface area is 113 Å². The molecule has 0 bridgehead atoms.